The predicted molar refractivity (Wildman–Crippen MR) is 71.1 cm³/mol. The summed E-state index contributed by atoms with van der Waals surface area (Å²) in [6.45, 7) is 0. The number of anilines is 1. The average molecular weight is 284 g/mol. The molecule has 0 unspecified atom stereocenters. The minimum absolute atomic E-state index is 0.0243. The van der Waals surface area contributed by atoms with Crippen molar-refractivity contribution in [3.63, 3.8) is 0 Å². The van der Waals surface area contributed by atoms with E-state index in [4.69, 9.17) is 5.11 Å². The van der Waals surface area contributed by atoms with E-state index in [-0.39, 0.29) is 12.5 Å². The van der Waals surface area contributed by atoms with Crippen LogP contribution in [0, 0.1) is 0 Å². The van der Waals surface area contributed by atoms with Crippen molar-refractivity contribution < 1.29 is 18.3 Å². The van der Waals surface area contributed by atoms with Crippen molar-refractivity contribution in [2.24, 2.45) is 0 Å². The zero-order valence-corrected chi connectivity index (χ0v) is 11.1. The maximum absolute atomic E-state index is 11.7. The van der Waals surface area contributed by atoms with Crippen LogP contribution in [0.15, 0.2) is 24.3 Å². The van der Waals surface area contributed by atoms with Crippen LogP contribution in [0.1, 0.15) is 24.8 Å². The highest BCUT2D eigenvalue weighted by atomic mass is 32.2. The summed E-state index contributed by atoms with van der Waals surface area (Å²) < 4.78 is 28.4. The van der Waals surface area contributed by atoms with Crippen molar-refractivity contribution in [3.8, 4) is 0 Å². The molecule has 1 fully saturated rings. The van der Waals surface area contributed by atoms with Crippen molar-refractivity contribution in [3.05, 3.63) is 29.8 Å². The van der Waals surface area contributed by atoms with Gasteiger partial charge in [0.15, 0.2) is 0 Å². The molecule has 7 heteroatoms. The van der Waals surface area contributed by atoms with E-state index in [1.165, 1.54) is 0 Å². The quantitative estimate of drug-likeness (QED) is 0.699. The highest BCUT2D eigenvalue weighted by Gasteiger charge is 2.26. The van der Waals surface area contributed by atoms with Gasteiger partial charge in [-0.1, -0.05) is 12.1 Å². The molecule has 3 N–H and O–H groups in total. The van der Waals surface area contributed by atoms with Crippen LogP contribution in [0.3, 0.4) is 0 Å². The molecule has 0 spiro atoms. The largest absolute Gasteiger partial charge is 0.481 e. The average Bonchev–Trinajstić information content (AvgIpc) is 3.09. The number of nitrogens with one attached hydrogen (secondary N) is 2. The summed E-state index contributed by atoms with van der Waals surface area (Å²) in [5.74, 6) is -0.874. The standard InChI is InChI=1S/C12H16N2O4S/c15-12(16)7-4-9-2-1-3-11(8-9)14-19(17,18)13-10-5-6-10/h1-3,8,10,13-14H,4-7H2,(H,15,16). The summed E-state index contributed by atoms with van der Waals surface area (Å²) in [5.41, 5.74) is 1.23. The van der Waals surface area contributed by atoms with Crippen LogP contribution in [-0.2, 0) is 21.4 Å². The van der Waals surface area contributed by atoms with Crippen molar-refractivity contribution >= 4 is 21.9 Å². The number of aryl methyl sites for hydroxylation is 1. The second-order valence-electron chi connectivity index (χ2n) is 4.59. The number of carboxylic acids is 1. The summed E-state index contributed by atoms with van der Waals surface area (Å²) in [5, 5.41) is 8.62. The lowest BCUT2D eigenvalue weighted by atomic mass is 10.1. The van der Waals surface area contributed by atoms with Gasteiger partial charge < -0.3 is 5.11 Å². The normalized spacial score (nSPS) is 15.2. The molecule has 1 aliphatic carbocycles. The van der Waals surface area contributed by atoms with Gasteiger partial charge in [-0.05, 0) is 37.0 Å². The first kappa shape index (κ1) is 13.8. The molecule has 0 aromatic heterocycles. The van der Waals surface area contributed by atoms with Crippen LogP contribution in [-0.4, -0.2) is 25.5 Å². The first-order chi connectivity index (χ1) is 8.94. The Bertz CT molecular complexity index is 567. The maximum Gasteiger partial charge on any atom is 0.303 e. The van der Waals surface area contributed by atoms with Gasteiger partial charge in [0, 0.05) is 12.5 Å². The Morgan fingerprint density at radius 3 is 2.74 bits per heavy atom. The Morgan fingerprint density at radius 2 is 2.11 bits per heavy atom. The monoisotopic (exact) mass is 284 g/mol. The maximum atomic E-state index is 11.7. The third-order valence-corrected chi connectivity index (χ3v) is 3.85. The number of hydrogen-bond acceptors (Lipinski definition) is 3. The molecule has 19 heavy (non-hydrogen) atoms. The molecule has 1 aromatic rings. The number of benzene rings is 1. The van der Waals surface area contributed by atoms with E-state index < -0.39 is 16.2 Å². The van der Waals surface area contributed by atoms with Gasteiger partial charge in [0.1, 0.15) is 0 Å². The predicted octanol–water partition coefficient (Wildman–Crippen LogP) is 1.11. The first-order valence-electron chi connectivity index (χ1n) is 6.05. The molecular formula is C12H16N2O4S. The van der Waals surface area contributed by atoms with Gasteiger partial charge in [0.05, 0.1) is 5.69 Å². The molecule has 0 aliphatic heterocycles. The molecule has 1 aromatic carbocycles. The first-order valence-corrected chi connectivity index (χ1v) is 7.54. The Balaban J connectivity index is 1.99. The van der Waals surface area contributed by atoms with Gasteiger partial charge in [-0.2, -0.15) is 13.1 Å². The van der Waals surface area contributed by atoms with Crippen molar-refractivity contribution in [1.29, 1.82) is 0 Å². The Kier molecular flexibility index (Phi) is 4.06. The summed E-state index contributed by atoms with van der Waals surface area (Å²) in [6, 6.07) is 6.81. The summed E-state index contributed by atoms with van der Waals surface area (Å²) in [4.78, 5) is 10.5. The molecule has 0 heterocycles. The molecule has 0 saturated heterocycles. The summed E-state index contributed by atoms with van der Waals surface area (Å²) in [7, 11) is -3.54. The fourth-order valence-corrected chi connectivity index (χ4v) is 2.82. The lowest BCUT2D eigenvalue weighted by Crippen LogP contribution is -2.31. The van der Waals surface area contributed by atoms with Gasteiger partial charge in [-0.15, -0.1) is 0 Å². The molecule has 0 radical (unpaired) electrons. The Labute approximate surface area is 112 Å². The third kappa shape index (κ3) is 4.88. The van der Waals surface area contributed by atoms with Crippen LogP contribution in [0.4, 0.5) is 5.69 Å². The fraction of sp³-hybridized carbons (Fsp3) is 0.417. The van der Waals surface area contributed by atoms with E-state index in [9.17, 15) is 13.2 Å². The molecule has 6 nitrogen and oxygen atoms in total. The Hall–Kier alpha value is -1.60. The molecule has 0 bridgehead atoms. The van der Waals surface area contributed by atoms with Crippen LogP contribution < -0.4 is 9.44 Å². The zero-order chi connectivity index (χ0) is 13.9. The summed E-state index contributed by atoms with van der Waals surface area (Å²) >= 11 is 0. The van der Waals surface area contributed by atoms with Gasteiger partial charge in [0.2, 0.25) is 0 Å². The van der Waals surface area contributed by atoms with E-state index in [1.54, 1.807) is 24.3 Å². The van der Waals surface area contributed by atoms with Gasteiger partial charge >= 0.3 is 5.97 Å². The summed E-state index contributed by atoms with van der Waals surface area (Å²) in [6.07, 6.45) is 2.15. The molecule has 2 rings (SSSR count). The fourth-order valence-electron chi connectivity index (χ4n) is 1.65. The van der Waals surface area contributed by atoms with E-state index in [2.05, 4.69) is 9.44 Å². The van der Waals surface area contributed by atoms with E-state index in [0.717, 1.165) is 18.4 Å². The van der Waals surface area contributed by atoms with Gasteiger partial charge in [0.25, 0.3) is 10.2 Å². The molecule has 1 saturated carbocycles. The minimum atomic E-state index is -3.54. The number of rotatable bonds is 7. The highest BCUT2D eigenvalue weighted by molar-refractivity contribution is 7.90. The van der Waals surface area contributed by atoms with Crippen LogP contribution >= 0.6 is 0 Å². The second kappa shape index (κ2) is 5.58. The van der Waals surface area contributed by atoms with Gasteiger partial charge in [-0.25, -0.2) is 0 Å². The van der Waals surface area contributed by atoms with Crippen LogP contribution in [0.5, 0.6) is 0 Å². The van der Waals surface area contributed by atoms with E-state index >= 15 is 0 Å². The molecule has 1 aliphatic rings. The van der Waals surface area contributed by atoms with Crippen molar-refractivity contribution in [2.75, 3.05) is 4.72 Å². The van der Waals surface area contributed by atoms with Crippen molar-refractivity contribution in [2.45, 2.75) is 31.7 Å². The van der Waals surface area contributed by atoms with E-state index in [0.29, 0.717) is 12.1 Å². The lowest BCUT2D eigenvalue weighted by molar-refractivity contribution is -0.136. The van der Waals surface area contributed by atoms with Gasteiger partial charge in [-0.3, -0.25) is 9.52 Å². The molecule has 0 amide bonds. The van der Waals surface area contributed by atoms with Crippen molar-refractivity contribution in [1.82, 2.24) is 4.72 Å². The third-order valence-electron chi connectivity index (χ3n) is 2.71. The number of carboxylic acid groups (broad SMARTS) is 1. The molecular weight excluding hydrogens is 268 g/mol. The SMILES string of the molecule is O=C(O)CCc1cccc(NS(=O)(=O)NC2CC2)c1. The second-order valence-corrected chi connectivity index (χ2v) is 6.04. The molecule has 0 atom stereocenters. The Morgan fingerprint density at radius 1 is 1.37 bits per heavy atom. The topological polar surface area (TPSA) is 95.5 Å². The number of hydrogen-bond donors (Lipinski definition) is 3. The van der Waals surface area contributed by atoms with Crippen LogP contribution in [0.2, 0.25) is 0 Å². The zero-order valence-electron chi connectivity index (χ0n) is 10.3. The number of aliphatic carboxylic acids is 1. The smallest absolute Gasteiger partial charge is 0.303 e. The van der Waals surface area contributed by atoms with Crippen LogP contribution in [0.25, 0.3) is 0 Å². The molecule has 104 valence electrons. The lowest BCUT2D eigenvalue weighted by Gasteiger charge is -2.09. The number of carbonyl (C=O) groups is 1. The highest BCUT2D eigenvalue weighted by Crippen LogP contribution is 2.20. The van der Waals surface area contributed by atoms with E-state index in [1.807, 2.05) is 0 Å². The minimum Gasteiger partial charge on any atom is -0.481 e.